The summed E-state index contributed by atoms with van der Waals surface area (Å²) >= 11 is 0. The van der Waals surface area contributed by atoms with Crippen molar-refractivity contribution >= 4 is 16.7 Å². The number of hydrogen-bond donors (Lipinski definition) is 2. The Hall–Kier alpha value is -0.420. The van der Waals surface area contributed by atoms with Gasteiger partial charge < -0.3 is 11.1 Å². The first kappa shape index (κ1) is 14.6. The lowest BCUT2D eigenvalue weighted by atomic mass is 9.84. The fraction of sp³-hybridized carbons (Fsp3) is 0.917. The first-order valence-corrected chi connectivity index (χ1v) is 7.99. The van der Waals surface area contributed by atoms with E-state index in [2.05, 4.69) is 12.2 Å². The zero-order valence-electron chi connectivity index (χ0n) is 10.6. The topological polar surface area (TPSA) is 72.2 Å². The lowest BCUT2D eigenvalue weighted by molar-refractivity contribution is -0.115. The van der Waals surface area contributed by atoms with Gasteiger partial charge in [0.1, 0.15) is 5.75 Å². The molecule has 5 heteroatoms. The molecule has 0 saturated heterocycles. The number of carbonyl (C=O) groups excluding carboxylic acids is 1. The van der Waals surface area contributed by atoms with Gasteiger partial charge in [0.05, 0.1) is 0 Å². The first-order valence-electron chi connectivity index (χ1n) is 6.50. The van der Waals surface area contributed by atoms with Gasteiger partial charge in [-0.05, 0) is 25.3 Å². The van der Waals surface area contributed by atoms with Gasteiger partial charge in [0.25, 0.3) is 0 Å². The quantitative estimate of drug-likeness (QED) is 0.710. The van der Waals surface area contributed by atoms with E-state index in [1.807, 2.05) is 0 Å². The Kier molecular flexibility index (Phi) is 6.73. The van der Waals surface area contributed by atoms with Crippen LogP contribution >= 0.6 is 0 Å². The summed E-state index contributed by atoms with van der Waals surface area (Å²) in [5.41, 5.74) is 5.07. The summed E-state index contributed by atoms with van der Waals surface area (Å²) in [6.07, 6.45) is 6.29. The van der Waals surface area contributed by atoms with Crippen molar-refractivity contribution in [1.29, 1.82) is 0 Å². The van der Waals surface area contributed by atoms with Gasteiger partial charge in [0.15, 0.2) is 0 Å². The minimum Gasteiger partial charge on any atom is -0.369 e. The molecule has 0 heterocycles. The Bertz CT molecular complexity index is 265. The predicted octanol–water partition coefficient (Wildman–Crippen LogP) is 0.779. The molecular formula is C12H24N2O2S. The molecule has 0 aromatic carbocycles. The molecule has 3 N–H and O–H groups in total. The average molecular weight is 260 g/mol. The largest absolute Gasteiger partial charge is 0.369 e. The van der Waals surface area contributed by atoms with Gasteiger partial charge in [-0.3, -0.25) is 9.00 Å². The minimum absolute atomic E-state index is 0.00534. The fourth-order valence-electron chi connectivity index (χ4n) is 2.58. The predicted molar refractivity (Wildman–Crippen MR) is 71.1 cm³/mol. The molecule has 1 saturated carbocycles. The number of carbonyl (C=O) groups is 1. The van der Waals surface area contributed by atoms with Gasteiger partial charge in [-0.15, -0.1) is 0 Å². The van der Waals surface area contributed by atoms with Crippen molar-refractivity contribution in [3.05, 3.63) is 0 Å². The lowest BCUT2D eigenvalue weighted by Crippen LogP contribution is -2.42. The van der Waals surface area contributed by atoms with Crippen LogP contribution in [0, 0.1) is 5.92 Å². The van der Waals surface area contributed by atoms with Crippen molar-refractivity contribution in [2.75, 3.05) is 18.1 Å². The molecule has 0 aromatic rings. The van der Waals surface area contributed by atoms with Crippen LogP contribution in [-0.2, 0) is 15.6 Å². The summed E-state index contributed by atoms with van der Waals surface area (Å²) in [7, 11) is -1.12. The van der Waals surface area contributed by atoms with Crippen LogP contribution in [0.3, 0.4) is 0 Å². The molecule has 1 aliphatic carbocycles. The van der Waals surface area contributed by atoms with Gasteiger partial charge in [0.2, 0.25) is 5.91 Å². The molecule has 0 bridgehead atoms. The first-order chi connectivity index (χ1) is 8.13. The van der Waals surface area contributed by atoms with Crippen molar-refractivity contribution in [3.8, 4) is 0 Å². The summed E-state index contributed by atoms with van der Waals surface area (Å²) < 4.78 is 11.8. The normalized spacial score (nSPS) is 21.0. The Morgan fingerprint density at radius 3 is 2.59 bits per heavy atom. The fourth-order valence-corrected chi connectivity index (χ4v) is 3.80. The highest BCUT2D eigenvalue weighted by Crippen LogP contribution is 2.26. The maximum absolute atomic E-state index is 11.8. The van der Waals surface area contributed by atoms with E-state index >= 15 is 0 Å². The second kappa shape index (κ2) is 7.82. The minimum atomic E-state index is -1.12. The maximum Gasteiger partial charge on any atom is 0.230 e. The molecule has 0 aliphatic heterocycles. The van der Waals surface area contributed by atoms with Crippen LogP contribution in [0.15, 0.2) is 0 Å². The Balaban J connectivity index is 2.46. The second-order valence-electron chi connectivity index (χ2n) is 4.78. The SMILES string of the molecule is CCNC(CS(=O)CC(N)=O)C1CCCCC1. The number of amides is 1. The van der Waals surface area contributed by atoms with E-state index < -0.39 is 16.7 Å². The van der Waals surface area contributed by atoms with Gasteiger partial charge in [-0.25, -0.2) is 0 Å². The monoisotopic (exact) mass is 260 g/mol. The molecule has 1 fully saturated rings. The smallest absolute Gasteiger partial charge is 0.230 e. The highest BCUT2D eigenvalue weighted by molar-refractivity contribution is 7.85. The van der Waals surface area contributed by atoms with Crippen LogP contribution in [0.25, 0.3) is 0 Å². The van der Waals surface area contributed by atoms with Crippen LogP contribution in [0.1, 0.15) is 39.0 Å². The van der Waals surface area contributed by atoms with E-state index in [1.54, 1.807) is 0 Å². The van der Waals surface area contributed by atoms with E-state index in [-0.39, 0.29) is 11.8 Å². The van der Waals surface area contributed by atoms with E-state index in [9.17, 15) is 9.00 Å². The van der Waals surface area contributed by atoms with Crippen LogP contribution in [0.5, 0.6) is 0 Å². The van der Waals surface area contributed by atoms with Crippen LogP contribution in [0.4, 0.5) is 0 Å². The highest BCUT2D eigenvalue weighted by atomic mass is 32.2. The number of nitrogens with one attached hydrogen (secondary N) is 1. The number of hydrogen-bond acceptors (Lipinski definition) is 3. The summed E-state index contributed by atoms with van der Waals surface area (Å²) in [6, 6.07) is 0.278. The van der Waals surface area contributed by atoms with Gasteiger partial charge in [0, 0.05) is 22.6 Å². The zero-order chi connectivity index (χ0) is 12.7. The zero-order valence-corrected chi connectivity index (χ0v) is 11.4. The maximum atomic E-state index is 11.8. The lowest BCUT2D eigenvalue weighted by Gasteiger charge is -2.30. The van der Waals surface area contributed by atoms with Crippen molar-refractivity contribution in [2.45, 2.75) is 45.1 Å². The van der Waals surface area contributed by atoms with Crippen LogP contribution in [0.2, 0.25) is 0 Å². The van der Waals surface area contributed by atoms with Crippen molar-refractivity contribution in [1.82, 2.24) is 5.32 Å². The number of primary amides is 1. The average Bonchev–Trinajstić information content (AvgIpc) is 2.28. The molecule has 0 radical (unpaired) electrons. The number of nitrogens with two attached hydrogens (primary N) is 1. The molecule has 17 heavy (non-hydrogen) atoms. The Morgan fingerprint density at radius 1 is 1.41 bits per heavy atom. The third kappa shape index (κ3) is 5.64. The van der Waals surface area contributed by atoms with Crippen molar-refractivity contribution < 1.29 is 9.00 Å². The van der Waals surface area contributed by atoms with E-state index in [1.165, 1.54) is 32.1 Å². The summed E-state index contributed by atoms with van der Waals surface area (Å²) in [4.78, 5) is 10.7. The van der Waals surface area contributed by atoms with Crippen LogP contribution < -0.4 is 11.1 Å². The molecule has 4 nitrogen and oxygen atoms in total. The summed E-state index contributed by atoms with van der Waals surface area (Å²) in [6.45, 7) is 2.95. The van der Waals surface area contributed by atoms with Gasteiger partial charge in [-0.1, -0.05) is 26.2 Å². The molecule has 1 amide bonds. The van der Waals surface area contributed by atoms with E-state index in [0.717, 1.165) is 6.54 Å². The molecule has 2 atom stereocenters. The molecule has 100 valence electrons. The second-order valence-corrected chi connectivity index (χ2v) is 6.28. The highest BCUT2D eigenvalue weighted by Gasteiger charge is 2.24. The third-order valence-corrected chi connectivity index (χ3v) is 4.69. The summed E-state index contributed by atoms with van der Waals surface area (Å²) in [5.74, 6) is 0.693. The molecule has 1 rings (SSSR count). The Labute approximate surface area is 106 Å². The molecule has 1 aliphatic rings. The molecular weight excluding hydrogens is 236 g/mol. The van der Waals surface area contributed by atoms with Crippen molar-refractivity contribution in [2.24, 2.45) is 11.7 Å². The van der Waals surface area contributed by atoms with Crippen molar-refractivity contribution in [3.63, 3.8) is 0 Å². The molecule has 0 aromatic heterocycles. The van der Waals surface area contributed by atoms with E-state index in [4.69, 9.17) is 5.73 Å². The summed E-state index contributed by atoms with van der Waals surface area (Å²) in [5, 5.41) is 3.41. The van der Waals surface area contributed by atoms with Gasteiger partial charge >= 0.3 is 0 Å². The number of rotatable bonds is 7. The van der Waals surface area contributed by atoms with E-state index in [0.29, 0.717) is 11.7 Å². The van der Waals surface area contributed by atoms with Crippen LogP contribution in [-0.4, -0.2) is 34.2 Å². The molecule has 2 unspecified atom stereocenters. The van der Waals surface area contributed by atoms with Gasteiger partial charge in [-0.2, -0.15) is 0 Å². The Morgan fingerprint density at radius 2 is 2.06 bits per heavy atom. The molecule has 0 spiro atoms. The standard InChI is InChI=1S/C12H24N2O2S/c1-2-14-11(8-17(16)9-12(13)15)10-6-4-3-5-7-10/h10-11,14H,2-9H2,1H3,(H2,13,15). The third-order valence-electron chi connectivity index (χ3n) is 3.35.